The average Bonchev–Trinajstić information content (AvgIpc) is 3.25. The second kappa shape index (κ2) is 7.99. The molecule has 29 heavy (non-hydrogen) atoms. The zero-order valence-corrected chi connectivity index (χ0v) is 15.7. The van der Waals surface area contributed by atoms with Gasteiger partial charge in [0.15, 0.2) is 5.65 Å². The number of hydrogen-bond donors (Lipinski definition) is 3. The Morgan fingerprint density at radius 1 is 1.10 bits per heavy atom. The van der Waals surface area contributed by atoms with E-state index in [9.17, 15) is 4.79 Å². The highest BCUT2D eigenvalue weighted by molar-refractivity contribution is 5.93. The van der Waals surface area contributed by atoms with E-state index in [0.29, 0.717) is 17.9 Å². The third-order valence-corrected chi connectivity index (χ3v) is 4.54. The topological polar surface area (TPSA) is 101 Å². The van der Waals surface area contributed by atoms with E-state index in [0.717, 1.165) is 28.2 Å². The van der Waals surface area contributed by atoms with Gasteiger partial charge in [0.25, 0.3) is 5.91 Å². The van der Waals surface area contributed by atoms with Crippen molar-refractivity contribution in [1.82, 2.24) is 20.1 Å². The molecule has 4 rings (SSSR count). The fourth-order valence-corrected chi connectivity index (χ4v) is 3.00. The largest absolute Gasteiger partial charge is 0.497 e. The monoisotopic (exact) mass is 389 g/mol. The highest BCUT2D eigenvalue weighted by atomic mass is 16.5. The maximum atomic E-state index is 11.4. The number of hydroxylamine groups is 1. The van der Waals surface area contributed by atoms with Crippen molar-refractivity contribution in [3.8, 4) is 17.0 Å². The first-order chi connectivity index (χ1) is 14.2. The van der Waals surface area contributed by atoms with Crippen molar-refractivity contribution in [3.63, 3.8) is 0 Å². The molecule has 2 heterocycles. The number of rotatable bonds is 6. The summed E-state index contributed by atoms with van der Waals surface area (Å²) in [5, 5.41) is 16.4. The van der Waals surface area contributed by atoms with Crippen molar-refractivity contribution < 1.29 is 14.7 Å². The number of ether oxygens (including phenoxy) is 1. The third-order valence-electron chi connectivity index (χ3n) is 4.54. The van der Waals surface area contributed by atoms with E-state index < -0.39 is 5.91 Å². The minimum atomic E-state index is -0.540. The van der Waals surface area contributed by atoms with Crippen LogP contribution < -0.4 is 15.5 Å². The molecule has 1 amide bonds. The normalized spacial score (nSPS) is 10.7. The average molecular weight is 389 g/mol. The van der Waals surface area contributed by atoms with Crippen LogP contribution in [0.25, 0.3) is 16.9 Å². The summed E-state index contributed by atoms with van der Waals surface area (Å²) in [4.78, 5) is 16.0. The Balaban J connectivity index is 1.58. The molecule has 8 heteroatoms. The van der Waals surface area contributed by atoms with E-state index >= 15 is 0 Å². The van der Waals surface area contributed by atoms with E-state index in [1.165, 1.54) is 0 Å². The zero-order chi connectivity index (χ0) is 20.2. The Morgan fingerprint density at radius 3 is 2.55 bits per heavy atom. The van der Waals surface area contributed by atoms with Gasteiger partial charge in [0.2, 0.25) is 0 Å². The lowest BCUT2D eigenvalue weighted by Crippen LogP contribution is -2.18. The first-order valence-electron chi connectivity index (χ1n) is 8.94. The van der Waals surface area contributed by atoms with Crippen molar-refractivity contribution in [1.29, 1.82) is 0 Å². The van der Waals surface area contributed by atoms with E-state index in [2.05, 4.69) is 15.4 Å². The summed E-state index contributed by atoms with van der Waals surface area (Å²) >= 11 is 0. The van der Waals surface area contributed by atoms with Crippen molar-refractivity contribution >= 4 is 17.4 Å². The van der Waals surface area contributed by atoms with Gasteiger partial charge in [-0.25, -0.2) is 15.0 Å². The van der Waals surface area contributed by atoms with E-state index in [-0.39, 0.29) is 0 Å². The molecule has 0 spiro atoms. The molecular formula is C21H19N5O3. The predicted molar refractivity (Wildman–Crippen MR) is 108 cm³/mol. The molecule has 0 atom stereocenters. The van der Waals surface area contributed by atoms with Gasteiger partial charge in [-0.3, -0.25) is 10.0 Å². The Morgan fingerprint density at radius 2 is 1.86 bits per heavy atom. The van der Waals surface area contributed by atoms with Gasteiger partial charge in [-0.05, 0) is 42.0 Å². The molecule has 146 valence electrons. The van der Waals surface area contributed by atoms with Gasteiger partial charge in [0, 0.05) is 29.8 Å². The van der Waals surface area contributed by atoms with Gasteiger partial charge in [0.1, 0.15) is 11.6 Å². The fraction of sp³-hybridized carbons (Fsp3) is 0.0952. The summed E-state index contributed by atoms with van der Waals surface area (Å²) < 4.78 is 7.02. The minimum Gasteiger partial charge on any atom is -0.497 e. The van der Waals surface area contributed by atoms with Crippen LogP contribution >= 0.6 is 0 Å². The molecular weight excluding hydrogens is 370 g/mol. The number of benzene rings is 2. The molecule has 0 fully saturated rings. The number of methoxy groups -OCH3 is 1. The molecule has 8 nitrogen and oxygen atoms in total. The number of nitrogens with zero attached hydrogens (tertiary/aromatic N) is 3. The maximum absolute atomic E-state index is 11.4. The molecule has 0 aliphatic heterocycles. The molecule has 0 saturated heterocycles. The summed E-state index contributed by atoms with van der Waals surface area (Å²) in [5.74, 6) is 0.957. The molecule has 0 saturated carbocycles. The Bertz CT molecular complexity index is 1140. The summed E-state index contributed by atoms with van der Waals surface area (Å²) in [6, 6.07) is 18.5. The van der Waals surface area contributed by atoms with Gasteiger partial charge < -0.3 is 10.1 Å². The summed E-state index contributed by atoms with van der Waals surface area (Å²) in [5.41, 5.74) is 5.61. The van der Waals surface area contributed by atoms with Crippen LogP contribution in [-0.2, 0) is 6.54 Å². The fourth-order valence-electron chi connectivity index (χ4n) is 3.00. The van der Waals surface area contributed by atoms with Crippen molar-refractivity contribution in [3.05, 3.63) is 78.0 Å². The molecule has 4 aromatic rings. The smallest absolute Gasteiger partial charge is 0.274 e. The van der Waals surface area contributed by atoms with Crippen LogP contribution in [0.5, 0.6) is 5.75 Å². The highest BCUT2D eigenvalue weighted by Gasteiger charge is 2.09. The summed E-state index contributed by atoms with van der Waals surface area (Å²) in [7, 11) is 1.64. The maximum Gasteiger partial charge on any atom is 0.274 e. The van der Waals surface area contributed by atoms with E-state index in [1.807, 2.05) is 48.5 Å². The number of anilines is 1. The molecule has 3 N–H and O–H groups in total. The first kappa shape index (κ1) is 18.5. The van der Waals surface area contributed by atoms with E-state index in [4.69, 9.17) is 9.94 Å². The van der Waals surface area contributed by atoms with Crippen molar-refractivity contribution in [2.75, 3.05) is 12.4 Å². The van der Waals surface area contributed by atoms with Gasteiger partial charge in [-0.15, -0.1) is 0 Å². The lowest BCUT2D eigenvalue weighted by Gasteiger charge is -2.11. The SMILES string of the molecule is COc1ccc(-c2cc(NCc3ccc(C(=O)NO)cc3)nc3ccnn23)cc1. The van der Waals surface area contributed by atoms with Crippen LogP contribution in [0, 0.1) is 0 Å². The number of aromatic nitrogens is 3. The number of carbonyl (C=O) groups excluding carboxylic acids is 1. The second-order valence-corrected chi connectivity index (χ2v) is 6.35. The van der Waals surface area contributed by atoms with Crippen LogP contribution in [0.2, 0.25) is 0 Å². The number of amides is 1. The van der Waals surface area contributed by atoms with Gasteiger partial charge in [0.05, 0.1) is 19.0 Å². The number of carbonyl (C=O) groups is 1. The molecule has 0 aliphatic carbocycles. The molecule has 0 bridgehead atoms. The van der Waals surface area contributed by atoms with Crippen LogP contribution in [0.3, 0.4) is 0 Å². The third kappa shape index (κ3) is 3.87. The standard InChI is InChI=1S/C21H19N5O3/c1-29-17-8-6-15(7-9-17)18-12-19(24-20-10-11-23-26(18)20)22-13-14-2-4-16(5-3-14)21(27)25-28/h2-12,28H,13H2,1H3,(H,22,24)(H,25,27). The van der Waals surface area contributed by atoms with Gasteiger partial charge >= 0.3 is 0 Å². The van der Waals surface area contributed by atoms with Crippen molar-refractivity contribution in [2.45, 2.75) is 6.54 Å². The van der Waals surface area contributed by atoms with Gasteiger partial charge in [-0.1, -0.05) is 12.1 Å². The Kier molecular flexibility index (Phi) is 5.08. The minimum absolute atomic E-state index is 0.386. The molecule has 2 aromatic heterocycles. The molecule has 0 radical (unpaired) electrons. The van der Waals surface area contributed by atoms with Crippen LogP contribution in [0.15, 0.2) is 66.9 Å². The summed E-state index contributed by atoms with van der Waals surface area (Å²) in [6.45, 7) is 0.528. The predicted octanol–water partition coefficient (Wildman–Crippen LogP) is 3.14. The molecule has 2 aromatic carbocycles. The van der Waals surface area contributed by atoms with Crippen LogP contribution in [0.1, 0.15) is 15.9 Å². The molecule has 0 unspecified atom stereocenters. The van der Waals surface area contributed by atoms with E-state index in [1.54, 1.807) is 35.4 Å². The number of nitrogens with one attached hydrogen (secondary N) is 2. The highest BCUT2D eigenvalue weighted by Crippen LogP contribution is 2.25. The Labute approximate surface area is 166 Å². The van der Waals surface area contributed by atoms with Gasteiger partial charge in [-0.2, -0.15) is 5.10 Å². The summed E-state index contributed by atoms with van der Waals surface area (Å²) in [6.07, 6.45) is 1.71. The number of fused-ring (bicyclic) bond motifs is 1. The zero-order valence-electron chi connectivity index (χ0n) is 15.7. The Hall–Kier alpha value is -3.91. The van der Waals surface area contributed by atoms with Crippen LogP contribution in [0.4, 0.5) is 5.82 Å². The second-order valence-electron chi connectivity index (χ2n) is 6.35. The van der Waals surface area contributed by atoms with Crippen LogP contribution in [-0.4, -0.2) is 32.8 Å². The lowest BCUT2D eigenvalue weighted by molar-refractivity contribution is 0.0706. The number of hydrogen-bond acceptors (Lipinski definition) is 6. The lowest BCUT2D eigenvalue weighted by atomic mass is 10.1. The quantitative estimate of drug-likeness (QED) is 0.346. The van der Waals surface area contributed by atoms with Crippen molar-refractivity contribution in [2.24, 2.45) is 0 Å². The molecule has 0 aliphatic rings. The first-order valence-corrected chi connectivity index (χ1v) is 8.94.